The summed E-state index contributed by atoms with van der Waals surface area (Å²) in [6.45, 7) is 2.88. The Balaban J connectivity index is 1.41. The third-order valence-corrected chi connectivity index (χ3v) is 5.41. The molecule has 0 aliphatic heterocycles. The Labute approximate surface area is 200 Å². The van der Waals surface area contributed by atoms with Gasteiger partial charge >= 0.3 is 12.1 Å². The fourth-order valence-corrected chi connectivity index (χ4v) is 3.38. The number of aryl methyl sites for hydroxylation is 1. The normalized spacial score (nSPS) is 10.6. The predicted octanol–water partition coefficient (Wildman–Crippen LogP) is 4.51. The summed E-state index contributed by atoms with van der Waals surface area (Å²) in [5.41, 5.74) is 2.60. The zero-order chi connectivity index (χ0) is 24.8. The second kappa shape index (κ2) is 14.7. The maximum Gasteiger partial charge on any atom is 0.407 e. The van der Waals surface area contributed by atoms with Crippen LogP contribution in [0.3, 0.4) is 0 Å². The highest BCUT2D eigenvalue weighted by atomic mass is 16.5. The first-order valence-corrected chi connectivity index (χ1v) is 11.7. The molecular formula is C26H35NO7. The molecule has 0 heterocycles. The van der Waals surface area contributed by atoms with Gasteiger partial charge in [0.2, 0.25) is 0 Å². The molecule has 0 aliphatic rings. The third-order valence-electron chi connectivity index (χ3n) is 5.41. The van der Waals surface area contributed by atoms with Crippen LogP contribution in [0.1, 0.15) is 55.2 Å². The van der Waals surface area contributed by atoms with Gasteiger partial charge in [0, 0.05) is 25.8 Å². The Morgan fingerprint density at radius 2 is 1.38 bits per heavy atom. The second-order valence-electron chi connectivity index (χ2n) is 8.24. The lowest BCUT2D eigenvalue weighted by Gasteiger charge is -2.08. The Morgan fingerprint density at radius 3 is 2.09 bits per heavy atom. The molecule has 8 nitrogen and oxygen atoms in total. The van der Waals surface area contributed by atoms with Gasteiger partial charge in [-0.25, -0.2) is 4.79 Å². The minimum absolute atomic E-state index is 0.181. The summed E-state index contributed by atoms with van der Waals surface area (Å²) in [7, 11) is 0. The number of carbonyl (C=O) groups is 2. The number of unbranched alkanes of at least 4 members (excludes halogenated alkanes) is 4. The van der Waals surface area contributed by atoms with Gasteiger partial charge in [-0.15, -0.1) is 0 Å². The van der Waals surface area contributed by atoms with Crippen molar-refractivity contribution in [3.05, 3.63) is 53.1 Å². The van der Waals surface area contributed by atoms with E-state index in [9.17, 15) is 24.9 Å². The number of phenols is 3. The first-order valence-electron chi connectivity index (χ1n) is 11.7. The average Bonchev–Trinajstić information content (AvgIpc) is 2.80. The number of hydrogen-bond acceptors (Lipinski definition) is 7. The van der Waals surface area contributed by atoms with Crippen molar-refractivity contribution < 1.29 is 34.4 Å². The fraction of sp³-hybridized carbons (Fsp3) is 0.462. The minimum atomic E-state index is -0.479. The Kier molecular flexibility index (Phi) is 11.6. The standard InChI is InChI=1S/C26H35NO7/c1-19-17-20(8-10-22(19)28)12-15-33-25(31)7-5-3-2-4-6-14-27-26(32)34-16-13-21-9-11-23(29)24(30)18-21/h8-11,17-18,28-30H,2-7,12-16H2,1H3,(H,27,32). The van der Waals surface area contributed by atoms with Gasteiger partial charge < -0.3 is 30.1 Å². The molecule has 0 fully saturated rings. The summed E-state index contributed by atoms with van der Waals surface area (Å²) in [5.74, 6) is -0.303. The number of rotatable bonds is 14. The number of aromatic hydroxyl groups is 3. The van der Waals surface area contributed by atoms with E-state index in [0.717, 1.165) is 48.8 Å². The fourth-order valence-electron chi connectivity index (χ4n) is 3.38. The maximum atomic E-state index is 11.8. The van der Waals surface area contributed by atoms with Crippen molar-refractivity contribution in [1.29, 1.82) is 0 Å². The van der Waals surface area contributed by atoms with Crippen LogP contribution in [-0.2, 0) is 27.1 Å². The number of hydrogen-bond donors (Lipinski definition) is 4. The minimum Gasteiger partial charge on any atom is -0.508 e. The smallest absolute Gasteiger partial charge is 0.407 e. The number of benzene rings is 2. The van der Waals surface area contributed by atoms with Gasteiger partial charge in [-0.1, -0.05) is 37.5 Å². The lowest BCUT2D eigenvalue weighted by molar-refractivity contribution is -0.143. The average molecular weight is 474 g/mol. The monoisotopic (exact) mass is 473 g/mol. The van der Waals surface area contributed by atoms with Gasteiger partial charge in [0.15, 0.2) is 11.5 Å². The van der Waals surface area contributed by atoms with Crippen molar-refractivity contribution in [2.24, 2.45) is 0 Å². The van der Waals surface area contributed by atoms with Crippen LogP contribution in [0.4, 0.5) is 4.79 Å². The quantitative estimate of drug-likeness (QED) is 0.181. The summed E-state index contributed by atoms with van der Waals surface area (Å²) in [4.78, 5) is 23.5. The number of esters is 1. The van der Waals surface area contributed by atoms with Gasteiger partial charge in [0.1, 0.15) is 5.75 Å². The van der Waals surface area contributed by atoms with Gasteiger partial charge in [-0.05, 0) is 54.7 Å². The maximum absolute atomic E-state index is 11.8. The van der Waals surface area contributed by atoms with Crippen LogP contribution in [0.2, 0.25) is 0 Å². The molecule has 0 aromatic heterocycles. The third kappa shape index (κ3) is 10.5. The van der Waals surface area contributed by atoms with Crippen molar-refractivity contribution in [2.45, 2.75) is 58.3 Å². The highest BCUT2D eigenvalue weighted by Gasteiger charge is 2.06. The van der Waals surface area contributed by atoms with Crippen molar-refractivity contribution in [1.82, 2.24) is 5.32 Å². The zero-order valence-electron chi connectivity index (χ0n) is 19.7. The van der Waals surface area contributed by atoms with Crippen molar-refractivity contribution in [2.75, 3.05) is 19.8 Å². The van der Waals surface area contributed by atoms with Crippen LogP contribution in [0, 0.1) is 6.92 Å². The Morgan fingerprint density at radius 1 is 0.765 bits per heavy atom. The Bertz CT molecular complexity index is 854. The molecule has 0 aliphatic carbocycles. The van der Waals surface area contributed by atoms with E-state index in [1.165, 1.54) is 12.1 Å². The van der Waals surface area contributed by atoms with E-state index >= 15 is 0 Å². The number of carbonyl (C=O) groups excluding carboxylic acids is 2. The van der Waals surface area contributed by atoms with Crippen molar-refractivity contribution in [3.8, 4) is 17.2 Å². The second-order valence-corrected chi connectivity index (χ2v) is 8.24. The molecule has 0 saturated carbocycles. The molecule has 2 rings (SSSR count). The summed E-state index contributed by atoms with van der Waals surface area (Å²) in [6.07, 6.45) is 5.45. The molecule has 4 N–H and O–H groups in total. The molecule has 8 heteroatoms. The molecule has 186 valence electrons. The van der Waals surface area contributed by atoms with Crippen LogP contribution in [-0.4, -0.2) is 47.1 Å². The number of nitrogens with one attached hydrogen (secondary N) is 1. The SMILES string of the molecule is Cc1cc(CCOC(=O)CCCCCCCNC(=O)OCCc2ccc(O)c(O)c2)ccc1O. The molecule has 1 amide bonds. The zero-order valence-corrected chi connectivity index (χ0v) is 19.7. The van der Waals surface area contributed by atoms with Gasteiger partial charge in [0.05, 0.1) is 13.2 Å². The Hall–Kier alpha value is -3.42. The van der Waals surface area contributed by atoms with Crippen molar-refractivity contribution >= 4 is 12.1 Å². The molecule has 0 bridgehead atoms. The van der Waals surface area contributed by atoms with E-state index in [2.05, 4.69) is 5.32 Å². The predicted molar refractivity (Wildman–Crippen MR) is 128 cm³/mol. The number of amides is 1. The van der Waals surface area contributed by atoms with Crippen molar-refractivity contribution in [3.63, 3.8) is 0 Å². The van der Waals surface area contributed by atoms with Gasteiger partial charge in [-0.2, -0.15) is 0 Å². The first-order chi connectivity index (χ1) is 16.3. The first kappa shape index (κ1) is 26.8. The van der Waals surface area contributed by atoms with E-state index in [4.69, 9.17) is 9.47 Å². The van der Waals surface area contributed by atoms with Gasteiger partial charge in [-0.3, -0.25) is 4.79 Å². The summed E-state index contributed by atoms with van der Waals surface area (Å²) in [6, 6.07) is 9.87. The van der Waals surface area contributed by atoms with E-state index in [1.807, 2.05) is 19.1 Å². The van der Waals surface area contributed by atoms with Crippen LogP contribution >= 0.6 is 0 Å². The van der Waals surface area contributed by atoms with Gasteiger partial charge in [0.25, 0.3) is 0 Å². The lowest BCUT2D eigenvalue weighted by Crippen LogP contribution is -2.26. The molecule has 0 saturated heterocycles. The number of phenolic OH excluding ortho intramolecular Hbond substituents is 3. The van der Waals surface area contributed by atoms with Crippen LogP contribution in [0.5, 0.6) is 17.2 Å². The number of ether oxygens (including phenoxy) is 2. The largest absolute Gasteiger partial charge is 0.508 e. The van der Waals surface area contributed by atoms with E-state index in [1.54, 1.807) is 12.1 Å². The van der Waals surface area contributed by atoms with E-state index in [-0.39, 0.29) is 29.8 Å². The van der Waals surface area contributed by atoms with Crippen LogP contribution < -0.4 is 5.32 Å². The molecule has 0 spiro atoms. The lowest BCUT2D eigenvalue weighted by atomic mass is 10.1. The summed E-state index contributed by atoms with van der Waals surface area (Å²) in [5, 5.41) is 31.0. The highest BCUT2D eigenvalue weighted by Crippen LogP contribution is 2.25. The molecule has 0 radical (unpaired) electrons. The molecule has 34 heavy (non-hydrogen) atoms. The molecular weight excluding hydrogens is 438 g/mol. The summed E-state index contributed by atoms with van der Waals surface area (Å²) >= 11 is 0. The topological polar surface area (TPSA) is 125 Å². The molecule has 0 unspecified atom stereocenters. The number of alkyl carbamates (subject to hydrolysis) is 1. The van der Waals surface area contributed by atoms with Crippen LogP contribution in [0.15, 0.2) is 36.4 Å². The van der Waals surface area contributed by atoms with E-state index < -0.39 is 6.09 Å². The molecule has 2 aromatic rings. The van der Waals surface area contributed by atoms with Crippen LogP contribution in [0.25, 0.3) is 0 Å². The van der Waals surface area contributed by atoms with E-state index in [0.29, 0.717) is 32.4 Å². The molecule has 0 atom stereocenters. The molecule has 2 aromatic carbocycles. The highest BCUT2D eigenvalue weighted by molar-refractivity contribution is 5.69. The summed E-state index contributed by atoms with van der Waals surface area (Å²) < 4.78 is 10.4.